The van der Waals surface area contributed by atoms with Gasteiger partial charge in [0.15, 0.2) is 0 Å². The summed E-state index contributed by atoms with van der Waals surface area (Å²) >= 11 is 0. The lowest BCUT2D eigenvalue weighted by atomic mass is 10.3. The van der Waals surface area contributed by atoms with Gasteiger partial charge in [0.25, 0.3) is 9.20 Å². The van der Waals surface area contributed by atoms with Gasteiger partial charge in [0.1, 0.15) is 0 Å². The Labute approximate surface area is 110 Å². The molecule has 3 nitrogen and oxygen atoms in total. The van der Waals surface area contributed by atoms with Crippen LogP contribution >= 0.6 is 0 Å². The van der Waals surface area contributed by atoms with E-state index in [0.717, 1.165) is 13.2 Å². The van der Waals surface area contributed by atoms with Gasteiger partial charge in [0.2, 0.25) is 0 Å². The lowest BCUT2D eigenvalue weighted by molar-refractivity contribution is 0.276. The Hall–Kier alpha value is 0.0969. The predicted octanol–water partition coefficient (Wildman–Crippen LogP) is 2.37. The summed E-state index contributed by atoms with van der Waals surface area (Å²) in [4.78, 5) is 6.18. The van der Waals surface area contributed by atoms with Crippen molar-refractivity contribution in [1.82, 2.24) is 9.88 Å². The zero-order valence-electron chi connectivity index (χ0n) is 12.3. The zero-order valence-corrected chi connectivity index (χ0v) is 13.5. The molecule has 0 aliphatic carbocycles. The molecule has 0 aromatic heterocycles. The highest BCUT2D eigenvalue weighted by Crippen LogP contribution is 2.00. The highest BCUT2D eigenvalue weighted by molar-refractivity contribution is 6.48. The maximum atomic E-state index is 5.85. The van der Waals surface area contributed by atoms with E-state index >= 15 is 0 Å². The Balaban J connectivity index is 3.87. The minimum Gasteiger partial charge on any atom is -0.406 e. The standard InChI is InChI=1S/C13H32N2OSi/c1-5-9-14-17(16-8-4)13-12-15(10-6-2)11-7-3/h14,17H,5-13H2,1-4H3. The maximum absolute atomic E-state index is 5.85. The second kappa shape index (κ2) is 12.6. The Morgan fingerprint density at radius 3 is 2.06 bits per heavy atom. The van der Waals surface area contributed by atoms with Crippen LogP contribution in [-0.4, -0.2) is 46.9 Å². The first kappa shape index (κ1) is 17.1. The molecule has 0 bridgehead atoms. The molecule has 1 atom stereocenters. The van der Waals surface area contributed by atoms with Crippen molar-refractivity contribution in [2.45, 2.75) is 53.0 Å². The minimum absolute atomic E-state index is 0.856. The molecule has 0 spiro atoms. The fourth-order valence-corrected chi connectivity index (χ4v) is 4.12. The van der Waals surface area contributed by atoms with Crippen molar-refractivity contribution in [3.8, 4) is 0 Å². The molecule has 1 N–H and O–H groups in total. The van der Waals surface area contributed by atoms with Crippen molar-refractivity contribution in [1.29, 1.82) is 0 Å². The van der Waals surface area contributed by atoms with E-state index in [-0.39, 0.29) is 0 Å². The van der Waals surface area contributed by atoms with E-state index in [9.17, 15) is 0 Å². The summed E-state index contributed by atoms with van der Waals surface area (Å²) in [5, 5.41) is 0. The summed E-state index contributed by atoms with van der Waals surface area (Å²) in [6.07, 6.45) is 3.71. The number of hydrogen-bond acceptors (Lipinski definition) is 3. The molecule has 0 heterocycles. The molecule has 0 aliphatic rings. The van der Waals surface area contributed by atoms with Crippen molar-refractivity contribution in [2.75, 3.05) is 32.8 Å². The van der Waals surface area contributed by atoms with Crippen LogP contribution in [0, 0.1) is 0 Å². The second-order valence-electron chi connectivity index (χ2n) is 4.53. The molecule has 0 amide bonds. The monoisotopic (exact) mass is 260 g/mol. The van der Waals surface area contributed by atoms with Crippen LogP contribution in [0.1, 0.15) is 47.0 Å². The Morgan fingerprint density at radius 1 is 0.941 bits per heavy atom. The van der Waals surface area contributed by atoms with Crippen LogP contribution in [0.4, 0.5) is 0 Å². The third kappa shape index (κ3) is 9.77. The average molecular weight is 260 g/mol. The van der Waals surface area contributed by atoms with E-state index in [0.29, 0.717) is 0 Å². The predicted molar refractivity (Wildman–Crippen MR) is 78.9 cm³/mol. The summed E-state index contributed by atoms with van der Waals surface area (Å²) < 4.78 is 5.85. The quantitative estimate of drug-likeness (QED) is 0.545. The van der Waals surface area contributed by atoms with Gasteiger partial charge in [-0.15, -0.1) is 0 Å². The Morgan fingerprint density at radius 2 is 1.59 bits per heavy atom. The van der Waals surface area contributed by atoms with Crippen molar-refractivity contribution < 1.29 is 4.43 Å². The van der Waals surface area contributed by atoms with Crippen LogP contribution in [0.5, 0.6) is 0 Å². The molecule has 0 aliphatic heterocycles. The van der Waals surface area contributed by atoms with Gasteiger partial charge in [-0.05, 0) is 58.4 Å². The van der Waals surface area contributed by atoms with Crippen LogP contribution in [-0.2, 0) is 4.43 Å². The summed E-state index contributed by atoms with van der Waals surface area (Å²) in [7, 11) is -1.15. The molecule has 0 aromatic carbocycles. The molecule has 4 heteroatoms. The van der Waals surface area contributed by atoms with Gasteiger partial charge in [-0.3, -0.25) is 0 Å². The summed E-state index contributed by atoms with van der Waals surface area (Å²) in [6.45, 7) is 14.5. The lowest BCUT2D eigenvalue weighted by Crippen LogP contribution is -2.41. The first-order chi connectivity index (χ1) is 8.28. The van der Waals surface area contributed by atoms with Gasteiger partial charge in [0, 0.05) is 6.61 Å². The van der Waals surface area contributed by atoms with Crippen molar-refractivity contribution >= 4 is 9.20 Å². The topological polar surface area (TPSA) is 24.5 Å². The number of rotatable bonds is 12. The molecule has 0 fully saturated rings. The first-order valence-electron chi connectivity index (χ1n) is 7.35. The Kier molecular flexibility index (Phi) is 12.6. The summed E-state index contributed by atoms with van der Waals surface area (Å²) in [6, 6.07) is 1.23. The van der Waals surface area contributed by atoms with Crippen LogP contribution in [0.2, 0.25) is 6.04 Å². The molecular formula is C13H32N2OSi. The Bertz CT molecular complexity index is 152. The number of nitrogens with one attached hydrogen (secondary N) is 1. The van der Waals surface area contributed by atoms with Gasteiger partial charge in [-0.25, -0.2) is 0 Å². The highest BCUT2D eigenvalue weighted by Gasteiger charge is 2.12. The second-order valence-corrected chi connectivity index (χ2v) is 6.82. The molecule has 0 saturated heterocycles. The first-order valence-corrected chi connectivity index (χ1v) is 9.22. The summed E-state index contributed by atoms with van der Waals surface area (Å²) in [5.41, 5.74) is 0. The zero-order chi connectivity index (χ0) is 12.9. The molecule has 104 valence electrons. The molecule has 17 heavy (non-hydrogen) atoms. The highest BCUT2D eigenvalue weighted by atomic mass is 28.3. The fraction of sp³-hybridized carbons (Fsp3) is 1.00. The van der Waals surface area contributed by atoms with Crippen LogP contribution in [0.3, 0.4) is 0 Å². The van der Waals surface area contributed by atoms with Gasteiger partial charge in [0.05, 0.1) is 0 Å². The van der Waals surface area contributed by atoms with Gasteiger partial charge in [-0.2, -0.15) is 0 Å². The number of hydrogen-bond donors (Lipinski definition) is 1. The molecule has 1 unspecified atom stereocenters. The molecule has 0 saturated carbocycles. The van der Waals surface area contributed by atoms with Crippen molar-refractivity contribution in [3.63, 3.8) is 0 Å². The van der Waals surface area contributed by atoms with Gasteiger partial charge < -0.3 is 14.3 Å². The molecule has 0 radical (unpaired) electrons. The smallest absolute Gasteiger partial charge is 0.253 e. The third-order valence-corrected chi connectivity index (χ3v) is 5.04. The van der Waals surface area contributed by atoms with E-state index in [1.165, 1.54) is 44.9 Å². The fourth-order valence-electron chi connectivity index (χ4n) is 2.02. The number of nitrogens with zero attached hydrogens (tertiary/aromatic N) is 1. The van der Waals surface area contributed by atoms with E-state index < -0.39 is 9.20 Å². The van der Waals surface area contributed by atoms with Crippen LogP contribution in [0.25, 0.3) is 0 Å². The average Bonchev–Trinajstić information content (AvgIpc) is 2.33. The van der Waals surface area contributed by atoms with Crippen molar-refractivity contribution in [2.24, 2.45) is 0 Å². The largest absolute Gasteiger partial charge is 0.406 e. The van der Waals surface area contributed by atoms with E-state index in [4.69, 9.17) is 4.43 Å². The van der Waals surface area contributed by atoms with Gasteiger partial charge >= 0.3 is 0 Å². The minimum atomic E-state index is -1.15. The molecule has 0 rings (SSSR count). The van der Waals surface area contributed by atoms with E-state index in [2.05, 4.69) is 37.6 Å². The van der Waals surface area contributed by atoms with Gasteiger partial charge in [-0.1, -0.05) is 20.8 Å². The lowest BCUT2D eigenvalue weighted by Gasteiger charge is -2.24. The van der Waals surface area contributed by atoms with Crippen LogP contribution in [0.15, 0.2) is 0 Å². The third-order valence-electron chi connectivity index (χ3n) is 2.78. The summed E-state index contributed by atoms with van der Waals surface area (Å²) in [5.74, 6) is 0. The maximum Gasteiger partial charge on any atom is 0.253 e. The molecule has 0 aromatic rings. The van der Waals surface area contributed by atoms with E-state index in [1.807, 2.05) is 0 Å². The van der Waals surface area contributed by atoms with Crippen molar-refractivity contribution in [3.05, 3.63) is 0 Å². The van der Waals surface area contributed by atoms with E-state index in [1.54, 1.807) is 0 Å². The van der Waals surface area contributed by atoms with Crippen LogP contribution < -0.4 is 4.98 Å². The SMILES string of the molecule is CCCN[SiH](CCN(CCC)CCC)OCC. The normalized spacial score (nSPS) is 13.2. The molecular weight excluding hydrogens is 228 g/mol.